The van der Waals surface area contributed by atoms with Crippen molar-refractivity contribution in [3.8, 4) is 11.4 Å². The Balaban J connectivity index is 1.52. The summed E-state index contributed by atoms with van der Waals surface area (Å²) in [7, 11) is 3.45. The van der Waals surface area contributed by atoms with Gasteiger partial charge in [0.05, 0.1) is 11.4 Å². The number of nitrogens with one attached hydrogen (secondary N) is 1. The van der Waals surface area contributed by atoms with E-state index < -0.39 is 37.0 Å². The Morgan fingerprint density at radius 2 is 1.88 bits per heavy atom. The molecular formula is C25H26F6N8O2. The lowest BCUT2D eigenvalue weighted by Gasteiger charge is -2.34. The van der Waals surface area contributed by atoms with Crippen LogP contribution >= 0.6 is 0 Å². The Morgan fingerprint density at radius 3 is 2.56 bits per heavy atom. The second-order valence-corrected chi connectivity index (χ2v) is 9.73. The van der Waals surface area contributed by atoms with Crippen molar-refractivity contribution in [3.05, 3.63) is 47.0 Å². The summed E-state index contributed by atoms with van der Waals surface area (Å²) in [6, 6.07) is 4.07. The summed E-state index contributed by atoms with van der Waals surface area (Å²) in [5.74, 6) is -2.27. The maximum Gasteiger partial charge on any atom is 0.405 e. The maximum atomic E-state index is 15.1. The van der Waals surface area contributed by atoms with Gasteiger partial charge >= 0.3 is 12.8 Å². The zero-order valence-electron chi connectivity index (χ0n) is 22.1. The second kappa shape index (κ2) is 11.2. The topological polar surface area (TPSA) is 91.7 Å². The minimum Gasteiger partial charge on any atom is -0.369 e. The molecule has 0 unspecified atom stereocenters. The van der Waals surface area contributed by atoms with Gasteiger partial charge in [-0.25, -0.2) is 14.4 Å². The third kappa shape index (κ3) is 6.07. The summed E-state index contributed by atoms with van der Waals surface area (Å²) >= 11 is 0. The van der Waals surface area contributed by atoms with Crippen molar-refractivity contribution < 1.29 is 36.0 Å². The first-order valence-electron chi connectivity index (χ1n) is 12.7. The number of benzene rings is 1. The number of carbonyl (C=O) groups excluding carboxylic acids is 1. The van der Waals surface area contributed by atoms with Crippen LogP contribution in [0, 0.1) is 5.82 Å². The number of alkyl halides is 5. The van der Waals surface area contributed by atoms with Crippen molar-refractivity contribution in [1.82, 2.24) is 30.0 Å². The molecule has 10 nitrogen and oxygen atoms in total. The predicted octanol–water partition coefficient (Wildman–Crippen LogP) is 3.45. The predicted molar refractivity (Wildman–Crippen MR) is 135 cm³/mol. The average Bonchev–Trinajstić information content (AvgIpc) is 3.27. The van der Waals surface area contributed by atoms with Gasteiger partial charge in [0.25, 0.3) is 11.9 Å². The molecule has 1 aliphatic heterocycles. The number of carbonyl (C=O) groups is 1. The quantitative estimate of drug-likeness (QED) is 0.334. The van der Waals surface area contributed by atoms with E-state index in [1.165, 1.54) is 24.0 Å². The molecule has 220 valence electrons. The number of rotatable bonds is 7. The highest BCUT2D eigenvalue weighted by Gasteiger charge is 2.33. The number of likely N-dealkylation sites (N-methyl/N-ethyl adjacent to an activating group) is 1. The van der Waals surface area contributed by atoms with Gasteiger partial charge in [0.1, 0.15) is 18.0 Å². The smallest absolute Gasteiger partial charge is 0.369 e. The minimum absolute atomic E-state index is 0.204. The lowest BCUT2D eigenvalue weighted by molar-refractivity contribution is -0.130. The fourth-order valence-electron chi connectivity index (χ4n) is 4.90. The van der Waals surface area contributed by atoms with E-state index in [0.717, 1.165) is 19.2 Å². The normalized spacial score (nSPS) is 15.6. The van der Waals surface area contributed by atoms with Gasteiger partial charge in [0.15, 0.2) is 5.69 Å². The first-order chi connectivity index (χ1) is 19.4. The van der Waals surface area contributed by atoms with Crippen LogP contribution in [0.5, 0.6) is 0 Å². The van der Waals surface area contributed by atoms with Gasteiger partial charge in [-0.1, -0.05) is 0 Å². The van der Waals surface area contributed by atoms with Crippen LogP contribution in [0.3, 0.4) is 0 Å². The van der Waals surface area contributed by atoms with E-state index >= 15 is 4.39 Å². The van der Waals surface area contributed by atoms with Crippen molar-refractivity contribution in [1.29, 1.82) is 0 Å². The Kier molecular flexibility index (Phi) is 7.78. The molecule has 1 N–H and O–H groups in total. The zero-order valence-corrected chi connectivity index (χ0v) is 22.1. The number of hydrogen-bond donors (Lipinski definition) is 1. The number of hydrogen-bond acceptors (Lipinski definition) is 8. The van der Waals surface area contributed by atoms with Gasteiger partial charge in [-0.2, -0.15) is 37.0 Å². The fraction of sp³-hybridized carbons (Fsp3) is 0.440. The SMILES string of the molecule is CN1CCN(c2ccc(F)c(N(OC(F)F)c3ncc4c(n3)-c3c(c(C(=O)NCC(F)(F)F)nn3C)CC4)c2)CC1. The Morgan fingerprint density at radius 1 is 1.15 bits per heavy atom. The number of nitrogens with zero attached hydrogens (tertiary/aromatic N) is 7. The molecule has 16 heteroatoms. The van der Waals surface area contributed by atoms with Crippen LogP contribution in [-0.2, 0) is 24.7 Å². The van der Waals surface area contributed by atoms with Crippen LogP contribution in [-0.4, -0.2) is 83.1 Å². The number of aryl methyl sites for hydroxylation is 2. The molecule has 0 saturated carbocycles. The van der Waals surface area contributed by atoms with Crippen molar-refractivity contribution in [2.75, 3.05) is 49.7 Å². The molecular weight excluding hydrogens is 558 g/mol. The highest BCUT2D eigenvalue weighted by Crippen LogP contribution is 2.37. The zero-order chi connectivity index (χ0) is 29.5. The van der Waals surface area contributed by atoms with Crippen LogP contribution in [0.15, 0.2) is 24.4 Å². The molecule has 2 aromatic heterocycles. The molecule has 5 rings (SSSR count). The minimum atomic E-state index is -4.61. The number of anilines is 3. The molecule has 0 spiro atoms. The highest BCUT2D eigenvalue weighted by atomic mass is 19.4. The molecule has 3 heterocycles. The molecule has 2 aliphatic rings. The first kappa shape index (κ1) is 28.6. The van der Waals surface area contributed by atoms with E-state index in [4.69, 9.17) is 4.84 Å². The summed E-state index contributed by atoms with van der Waals surface area (Å²) in [5.41, 5.74) is 1.48. The van der Waals surface area contributed by atoms with E-state index in [1.807, 2.05) is 17.3 Å². The van der Waals surface area contributed by atoms with Crippen molar-refractivity contribution in [2.45, 2.75) is 25.6 Å². The second-order valence-electron chi connectivity index (χ2n) is 9.73. The molecule has 0 atom stereocenters. The standard InChI is InChI=1S/C25H26F6N8O2/c1-36-7-9-38(10-8-36)15-4-6-17(26)18(11-15)39(41-23(27)28)24-32-12-14-3-5-16-20(22(40)33-13-25(29,30)31)35-37(2)21(16)19(14)34-24/h4,6,11-12,23H,3,5,7-10,13H2,1-2H3,(H,33,40). The molecule has 0 bridgehead atoms. The van der Waals surface area contributed by atoms with E-state index in [0.29, 0.717) is 47.1 Å². The van der Waals surface area contributed by atoms with E-state index in [2.05, 4.69) is 20.0 Å². The summed E-state index contributed by atoms with van der Waals surface area (Å²) in [6.07, 6.45) is -2.67. The Bertz CT molecular complexity index is 1440. The Labute approximate surface area is 230 Å². The summed E-state index contributed by atoms with van der Waals surface area (Å²) in [6.45, 7) is -2.05. The van der Waals surface area contributed by atoms with Crippen LogP contribution in [0.1, 0.15) is 21.6 Å². The van der Waals surface area contributed by atoms with Gasteiger partial charge < -0.3 is 15.1 Å². The van der Waals surface area contributed by atoms with Gasteiger partial charge in [-0.3, -0.25) is 9.48 Å². The summed E-state index contributed by atoms with van der Waals surface area (Å²) < 4.78 is 81.4. The first-order valence-corrected chi connectivity index (χ1v) is 12.7. The highest BCUT2D eigenvalue weighted by molar-refractivity contribution is 5.96. The third-order valence-corrected chi connectivity index (χ3v) is 6.91. The lowest BCUT2D eigenvalue weighted by atomic mass is 9.93. The Hall–Kier alpha value is -3.92. The molecule has 1 aromatic carbocycles. The summed E-state index contributed by atoms with van der Waals surface area (Å²) in [5, 5.41) is 6.42. The monoisotopic (exact) mass is 584 g/mol. The number of fused-ring (bicyclic) bond motifs is 3. The molecule has 1 aliphatic carbocycles. The number of aromatic nitrogens is 4. The lowest BCUT2D eigenvalue weighted by Crippen LogP contribution is -2.44. The van der Waals surface area contributed by atoms with Gasteiger partial charge in [0, 0.05) is 50.7 Å². The molecule has 0 radical (unpaired) electrons. The molecule has 3 aromatic rings. The van der Waals surface area contributed by atoms with Crippen LogP contribution in [0.25, 0.3) is 11.4 Å². The van der Waals surface area contributed by atoms with Gasteiger partial charge in [-0.15, -0.1) is 0 Å². The fourth-order valence-corrected chi connectivity index (χ4v) is 4.90. The molecule has 1 fully saturated rings. The van der Waals surface area contributed by atoms with Crippen LogP contribution < -0.4 is 15.3 Å². The number of piperazine rings is 1. The number of amides is 1. The number of halogens is 6. The summed E-state index contributed by atoms with van der Waals surface area (Å²) in [4.78, 5) is 29.9. The maximum absolute atomic E-state index is 15.1. The van der Waals surface area contributed by atoms with E-state index in [9.17, 15) is 26.7 Å². The molecule has 1 saturated heterocycles. The van der Waals surface area contributed by atoms with Crippen molar-refractivity contribution in [3.63, 3.8) is 0 Å². The van der Waals surface area contributed by atoms with Gasteiger partial charge in [0.2, 0.25) is 0 Å². The molecule has 41 heavy (non-hydrogen) atoms. The largest absolute Gasteiger partial charge is 0.405 e. The molecule has 1 amide bonds. The third-order valence-electron chi connectivity index (χ3n) is 6.91. The van der Waals surface area contributed by atoms with Crippen LogP contribution in [0.2, 0.25) is 0 Å². The van der Waals surface area contributed by atoms with E-state index in [1.54, 1.807) is 6.07 Å². The van der Waals surface area contributed by atoms with Gasteiger partial charge in [-0.05, 0) is 43.7 Å². The van der Waals surface area contributed by atoms with E-state index in [-0.39, 0.29) is 23.5 Å². The van der Waals surface area contributed by atoms with Crippen molar-refractivity contribution >= 4 is 23.2 Å². The average molecular weight is 585 g/mol. The van der Waals surface area contributed by atoms with Crippen molar-refractivity contribution in [2.24, 2.45) is 7.05 Å². The van der Waals surface area contributed by atoms with Crippen LogP contribution in [0.4, 0.5) is 43.7 Å².